The Morgan fingerprint density at radius 2 is 2.12 bits per heavy atom. The molecule has 1 aliphatic heterocycles. The molecule has 1 saturated heterocycles. The van der Waals surface area contributed by atoms with Crippen molar-refractivity contribution in [2.24, 2.45) is 7.05 Å². The zero-order valence-electron chi connectivity index (χ0n) is 15.1. The largest absolute Gasteiger partial charge is 0.355 e. The molecule has 2 aromatic heterocycles. The van der Waals surface area contributed by atoms with Crippen LogP contribution in [0.25, 0.3) is 0 Å². The number of hydrogen-bond acceptors (Lipinski definition) is 7. The third kappa shape index (κ3) is 3.65. The number of hydrogen-bond donors (Lipinski definition) is 0. The van der Waals surface area contributed by atoms with E-state index in [9.17, 15) is 10.1 Å². The van der Waals surface area contributed by atoms with Crippen LogP contribution in [0.3, 0.4) is 0 Å². The molecule has 0 atom stereocenters. The molecule has 1 fully saturated rings. The van der Waals surface area contributed by atoms with Crippen molar-refractivity contribution in [2.75, 3.05) is 31.3 Å². The zero-order chi connectivity index (χ0) is 18.7. The van der Waals surface area contributed by atoms with E-state index in [4.69, 9.17) is 0 Å². The molecule has 3 rings (SSSR count). The minimum atomic E-state index is -0.0130. The Balaban J connectivity index is 1.68. The van der Waals surface area contributed by atoms with E-state index in [2.05, 4.69) is 26.0 Å². The van der Waals surface area contributed by atoms with Crippen LogP contribution in [-0.4, -0.2) is 63.0 Å². The van der Waals surface area contributed by atoms with Crippen molar-refractivity contribution in [3.63, 3.8) is 0 Å². The number of aryl methyl sites for hydroxylation is 1. The predicted octanol–water partition coefficient (Wildman–Crippen LogP) is 1.54. The molecule has 0 spiro atoms. The standard InChI is InChI=1S/C17H21N7OS/c1-22-11-13(10-20-22)16(25)23(2)14-4-6-24(7-5-14)15-12(8-18)9-19-17(21-15)26-3/h9-11,14H,4-7H2,1-3H3. The van der Waals surface area contributed by atoms with Gasteiger partial charge in [0.2, 0.25) is 0 Å². The maximum absolute atomic E-state index is 12.6. The van der Waals surface area contributed by atoms with Gasteiger partial charge in [-0.25, -0.2) is 9.97 Å². The summed E-state index contributed by atoms with van der Waals surface area (Å²) in [6.07, 6.45) is 8.47. The van der Waals surface area contributed by atoms with Crippen molar-refractivity contribution < 1.29 is 4.79 Å². The van der Waals surface area contributed by atoms with E-state index in [1.54, 1.807) is 35.2 Å². The Labute approximate surface area is 156 Å². The van der Waals surface area contributed by atoms with Gasteiger partial charge in [0.05, 0.1) is 18.0 Å². The molecule has 0 aliphatic carbocycles. The molecular formula is C17H21N7OS. The Hall–Kier alpha value is -2.60. The Bertz CT molecular complexity index is 836. The van der Waals surface area contributed by atoms with Gasteiger partial charge >= 0.3 is 0 Å². The van der Waals surface area contributed by atoms with E-state index in [1.807, 2.05) is 13.3 Å². The van der Waals surface area contributed by atoms with Crippen LogP contribution in [0.15, 0.2) is 23.7 Å². The molecule has 2 aromatic rings. The molecular weight excluding hydrogens is 350 g/mol. The highest BCUT2D eigenvalue weighted by molar-refractivity contribution is 7.98. The number of nitrogens with zero attached hydrogens (tertiary/aromatic N) is 7. The first kappa shape index (κ1) is 18.2. The second kappa shape index (κ2) is 7.74. The summed E-state index contributed by atoms with van der Waals surface area (Å²) in [5, 5.41) is 14.1. The Morgan fingerprint density at radius 3 is 2.69 bits per heavy atom. The lowest BCUT2D eigenvalue weighted by atomic mass is 10.0. The van der Waals surface area contributed by atoms with Gasteiger partial charge in [-0.3, -0.25) is 9.48 Å². The van der Waals surface area contributed by atoms with Gasteiger partial charge in [0.15, 0.2) is 11.0 Å². The summed E-state index contributed by atoms with van der Waals surface area (Å²) >= 11 is 1.46. The molecule has 0 unspecified atom stereocenters. The number of amides is 1. The van der Waals surface area contributed by atoms with Crippen molar-refractivity contribution in [1.29, 1.82) is 5.26 Å². The van der Waals surface area contributed by atoms with Crippen LogP contribution in [0.2, 0.25) is 0 Å². The summed E-state index contributed by atoms with van der Waals surface area (Å²) in [5.74, 6) is 0.674. The maximum Gasteiger partial charge on any atom is 0.257 e. The fourth-order valence-corrected chi connectivity index (χ4v) is 3.48. The second-order valence-corrected chi connectivity index (χ2v) is 7.02. The van der Waals surface area contributed by atoms with Gasteiger partial charge in [-0.1, -0.05) is 11.8 Å². The summed E-state index contributed by atoms with van der Waals surface area (Å²) in [6, 6.07) is 2.33. The van der Waals surface area contributed by atoms with Crippen LogP contribution >= 0.6 is 11.8 Å². The SMILES string of the molecule is CSc1ncc(C#N)c(N2CCC(N(C)C(=O)c3cnn(C)c3)CC2)n1. The Kier molecular flexibility index (Phi) is 5.42. The second-order valence-electron chi connectivity index (χ2n) is 6.24. The van der Waals surface area contributed by atoms with E-state index in [0.29, 0.717) is 22.1 Å². The predicted molar refractivity (Wildman–Crippen MR) is 99.1 cm³/mol. The first-order valence-electron chi connectivity index (χ1n) is 8.35. The number of anilines is 1. The summed E-state index contributed by atoms with van der Waals surface area (Å²) in [6.45, 7) is 1.49. The number of rotatable bonds is 4. The number of aromatic nitrogens is 4. The fourth-order valence-electron chi connectivity index (χ4n) is 3.14. The highest BCUT2D eigenvalue weighted by atomic mass is 32.2. The van der Waals surface area contributed by atoms with Gasteiger partial charge in [0, 0.05) is 39.4 Å². The molecule has 136 valence electrons. The molecule has 0 radical (unpaired) electrons. The van der Waals surface area contributed by atoms with Crippen molar-refractivity contribution in [3.05, 3.63) is 29.7 Å². The summed E-state index contributed by atoms with van der Waals surface area (Å²) in [7, 11) is 3.64. The van der Waals surface area contributed by atoms with Gasteiger partial charge in [-0.15, -0.1) is 0 Å². The van der Waals surface area contributed by atoms with Crippen LogP contribution in [0.5, 0.6) is 0 Å². The smallest absolute Gasteiger partial charge is 0.257 e. The van der Waals surface area contributed by atoms with Crippen molar-refractivity contribution in [3.8, 4) is 6.07 Å². The van der Waals surface area contributed by atoms with Gasteiger partial charge in [0.1, 0.15) is 11.6 Å². The highest BCUT2D eigenvalue weighted by Crippen LogP contribution is 2.25. The minimum Gasteiger partial charge on any atom is -0.355 e. The first-order chi connectivity index (χ1) is 12.5. The lowest BCUT2D eigenvalue weighted by Gasteiger charge is -2.37. The maximum atomic E-state index is 12.6. The molecule has 3 heterocycles. The third-order valence-corrected chi connectivity index (χ3v) is 5.20. The molecule has 8 nitrogen and oxygen atoms in total. The van der Waals surface area contributed by atoms with E-state index in [-0.39, 0.29) is 11.9 Å². The van der Waals surface area contributed by atoms with Gasteiger partial charge in [-0.2, -0.15) is 10.4 Å². The minimum absolute atomic E-state index is 0.0130. The average Bonchev–Trinajstić information content (AvgIpc) is 3.12. The average molecular weight is 371 g/mol. The van der Waals surface area contributed by atoms with Crippen LogP contribution in [0.1, 0.15) is 28.8 Å². The topological polar surface area (TPSA) is 90.9 Å². The van der Waals surface area contributed by atoms with E-state index >= 15 is 0 Å². The van der Waals surface area contributed by atoms with Crippen LogP contribution in [0, 0.1) is 11.3 Å². The summed E-state index contributed by atoms with van der Waals surface area (Å²) < 4.78 is 1.63. The quantitative estimate of drug-likeness (QED) is 0.595. The fraction of sp³-hybridized carbons (Fsp3) is 0.471. The summed E-state index contributed by atoms with van der Waals surface area (Å²) in [5.41, 5.74) is 1.09. The molecule has 0 bridgehead atoms. The lowest BCUT2D eigenvalue weighted by Crippen LogP contribution is -2.46. The highest BCUT2D eigenvalue weighted by Gasteiger charge is 2.28. The molecule has 0 N–H and O–H groups in total. The van der Waals surface area contributed by atoms with Crippen LogP contribution < -0.4 is 4.90 Å². The van der Waals surface area contributed by atoms with Crippen LogP contribution in [-0.2, 0) is 7.05 Å². The van der Waals surface area contributed by atoms with Crippen LogP contribution in [0.4, 0.5) is 5.82 Å². The monoisotopic (exact) mass is 371 g/mol. The van der Waals surface area contributed by atoms with Crippen molar-refractivity contribution in [1.82, 2.24) is 24.6 Å². The van der Waals surface area contributed by atoms with E-state index in [1.165, 1.54) is 11.8 Å². The summed E-state index contributed by atoms with van der Waals surface area (Å²) in [4.78, 5) is 25.2. The zero-order valence-corrected chi connectivity index (χ0v) is 15.9. The van der Waals surface area contributed by atoms with E-state index in [0.717, 1.165) is 25.9 Å². The molecule has 1 amide bonds. The Morgan fingerprint density at radius 1 is 1.38 bits per heavy atom. The number of piperidine rings is 1. The first-order valence-corrected chi connectivity index (χ1v) is 9.58. The lowest BCUT2D eigenvalue weighted by molar-refractivity contribution is 0.0709. The van der Waals surface area contributed by atoms with Gasteiger partial charge < -0.3 is 9.80 Å². The molecule has 0 saturated carbocycles. The van der Waals surface area contributed by atoms with E-state index < -0.39 is 0 Å². The van der Waals surface area contributed by atoms with Crippen molar-refractivity contribution in [2.45, 2.75) is 24.0 Å². The molecule has 0 aromatic carbocycles. The number of carbonyl (C=O) groups excluding carboxylic acids is 1. The molecule has 26 heavy (non-hydrogen) atoms. The number of nitriles is 1. The molecule has 1 aliphatic rings. The number of carbonyl (C=O) groups is 1. The van der Waals surface area contributed by atoms with Gasteiger partial charge in [-0.05, 0) is 19.1 Å². The van der Waals surface area contributed by atoms with Crippen molar-refractivity contribution >= 4 is 23.5 Å². The third-order valence-electron chi connectivity index (χ3n) is 4.63. The normalized spacial score (nSPS) is 14.9. The number of thioether (sulfide) groups is 1. The van der Waals surface area contributed by atoms with Gasteiger partial charge in [0.25, 0.3) is 5.91 Å². The molecule has 9 heteroatoms.